The number of nitro groups is 1. The van der Waals surface area contributed by atoms with E-state index in [0.29, 0.717) is 25.0 Å². The van der Waals surface area contributed by atoms with Crippen molar-refractivity contribution in [3.8, 4) is 5.75 Å². The average molecular weight is 336 g/mol. The molecule has 7 nitrogen and oxygen atoms in total. The predicted octanol–water partition coefficient (Wildman–Crippen LogP) is 2.35. The van der Waals surface area contributed by atoms with Gasteiger partial charge < -0.3 is 20.3 Å². The van der Waals surface area contributed by atoms with E-state index in [-0.39, 0.29) is 0 Å². The number of hydrogen-bond acceptors (Lipinski definition) is 6. The van der Waals surface area contributed by atoms with Crippen molar-refractivity contribution in [1.82, 2.24) is 15.5 Å². The summed E-state index contributed by atoms with van der Waals surface area (Å²) in [6, 6.07) is 8.48. The van der Waals surface area contributed by atoms with Crippen LogP contribution in [0.15, 0.2) is 36.3 Å². The van der Waals surface area contributed by atoms with Gasteiger partial charge in [-0.3, -0.25) is 10.1 Å². The van der Waals surface area contributed by atoms with Crippen LogP contribution in [0.3, 0.4) is 0 Å². The van der Waals surface area contributed by atoms with Crippen LogP contribution in [0.4, 0.5) is 0 Å². The van der Waals surface area contributed by atoms with Crippen molar-refractivity contribution >= 4 is 0 Å². The molecule has 0 saturated heterocycles. The second-order valence-electron chi connectivity index (χ2n) is 5.77. The first-order valence-corrected chi connectivity index (χ1v) is 8.10. The third-order valence-corrected chi connectivity index (χ3v) is 3.77. The standard InChI is InChI=1S/C17H28N4O3/c1-14(20(3)4)15-8-7-9-16(12-15)24-11-6-5-10-19-17(18-2)13-21(22)23/h7-9,12-14,18-19H,5-6,10-11H2,1-4H3/b17-13+. The molecule has 0 aromatic heterocycles. The van der Waals surface area contributed by atoms with Gasteiger partial charge in [-0.2, -0.15) is 0 Å². The Balaban J connectivity index is 2.31. The fourth-order valence-electron chi connectivity index (χ4n) is 2.11. The number of rotatable bonds is 11. The second-order valence-corrected chi connectivity index (χ2v) is 5.77. The van der Waals surface area contributed by atoms with Gasteiger partial charge in [-0.05, 0) is 51.6 Å². The zero-order chi connectivity index (χ0) is 17.9. The molecule has 134 valence electrons. The van der Waals surface area contributed by atoms with E-state index in [2.05, 4.69) is 48.7 Å². The molecule has 1 unspecified atom stereocenters. The van der Waals surface area contributed by atoms with Crippen LogP contribution in [-0.4, -0.2) is 44.1 Å². The number of unbranched alkanes of at least 4 members (excludes halogenated alkanes) is 1. The van der Waals surface area contributed by atoms with Gasteiger partial charge in [0.25, 0.3) is 6.20 Å². The van der Waals surface area contributed by atoms with Crippen molar-refractivity contribution in [2.24, 2.45) is 0 Å². The molecule has 0 saturated carbocycles. The van der Waals surface area contributed by atoms with Crippen molar-refractivity contribution in [2.45, 2.75) is 25.8 Å². The van der Waals surface area contributed by atoms with Crippen molar-refractivity contribution < 1.29 is 9.66 Å². The molecule has 0 aliphatic heterocycles. The number of nitrogens with zero attached hydrogens (tertiary/aromatic N) is 2. The van der Waals surface area contributed by atoms with Gasteiger partial charge in [0.2, 0.25) is 0 Å². The topological polar surface area (TPSA) is 79.7 Å². The summed E-state index contributed by atoms with van der Waals surface area (Å²) in [5.74, 6) is 1.28. The lowest BCUT2D eigenvalue weighted by Crippen LogP contribution is -2.25. The summed E-state index contributed by atoms with van der Waals surface area (Å²) in [4.78, 5) is 12.1. The molecule has 0 aliphatic rings. The summed E-state index contributed by atoms with van der Waals surface area (Å²) in [5, 5.41) is 16.1. The summed E-state index contributed by atoms with van der Waals surface area (Å²) >= 11 is 0. The van der Waals surface area contributed by atoms with Crippen LogP contribution in [0.5, 0.6) is 5.75 Å². The first kappa shape index (κ1) is 19.8. The van der Waals surface area contributed by atoms with Crippen LogP contribution in [-0.2, 0) is 0 Å². The van der Waals surface area contributed by atoms with Gasteiger partial charge >= 0.3 is 0 Å². The molecular weight excluding hydrogens is 308 g/mol. The van der Waals surface area contributed by atoms with Gasteiger partial charge in [-0.25, -0.2) is 0 Å². The minimum absolute atomic E-state index is 0.339. The molecule has 0 bridgehead atoms. The highest BCUT2D eigenvalue weighted by atomic mass is 16.6. The van der Waals surface area contributed by atoms with Gasteiger partial charge in [-0.1, -0.05) is 12.1 Å². The molecule has 0 amide bonds. The highest BCUT2D eigenvalue weighted by Gasteiger charge is 2.08. The molecule has 1 atom stereocenters. The summed E-state index contributed by atoms with van der Waals surface area (Å²) in [6.07, 6.45) is 2.66. The van der Waals surface area contributed by atoms with E-state index in [1.807, 2.05) is 12.1 Å². The van der Waals surface area contributed by atoms with E-state index >= 15 is 0 Å². The minimum Gasteiger partial charge on any atom is -0.494 e. The molecule has 1 aromatic rings. The maximum atomic E-state index is 10.4. The Kier molecular flexibility index (Phi) is 8.64. The molecule has 1 aromatic carbocycles. The van der Waals surface area contributed by atoms with Crippen LogP contribution in [0.1, 0.15) is 31.4 Å². The van der Waals surface area contributed by atoms with Gasteiger partial charge in [0, 0.05) is 19.6 Å². The van der Waals surface area contributed by atoms with Crippen LogP contribution in [0, 0.1) is 10.1 Å². The van der Waals surface area contributed by atoms with Gasteiger partial charge in [0.1, 0.15) is 5.75 Å². The molecule has 0 radical (unpaired) electrons. The highest BCUT2D eigenvalue weighted by Crippen LogP contribution is 2.22. The molecule has 2 N–H and O–H groups in total. The maximum absolute atomic E-state index is 10.4. The lowest BCUT2D eigenvalue weighted by Gasteiger charge is -2.20. The van der Waals surface area contributed by atoms with E-state index < -0.39 is 4.92 Å². The Hall–Kier alpha value is -2.28. The molecule has 0 heterocycles. The molecule has 0 fully saturated rings. The molecular formula is C17H28N4O3. The second kappa shape index (κ2) is 10.5. The van der Waals surface area contributed by atoms with Crippen molar-refractivity contribution in [2.75, 3.05) is 34.3 Å². The summed E-state index contributed by atoms with van der Waals surface area (Å²) in [5.41, 5.74) is 1.22. The summed E-state index contributed by atoms with van der Waals surface area (Å²) in [6.45, 7) is 3.43. The molecule has 24 heavy (non-hydrogen) atoms. The van der Waals surface area contributed by atoms with Crippen molar-refractivity contribution in [1.29, 1.82) is 0 Å². The lowest BCUT2D eigenvalue weighted by atomic mass is 10.1. The van der Waals surface area contributed by atoms with Crippen LogP contribution < -0.4 is 15.4 Å². The fraction of sp³-hybridized carbons (Fsp3) is 0.529. The maximum Gasteiger partial charge on any atom is 0.274 e. The average Bonchev–Trinajstić information content (AvgIpc) is 2.55. The predicted molar refractivity (Wildman–Crippen MR) is 95.4 cm³/mol. The SMILES string of the molecule is CN/C(=C\[N+](=O)[O-])NCCCCOc1cccc(C(C)N(C)C)c1. The quantitative estimate of drug-likeness (QED) is 0.367. The van der Waals surface area contributed by atoms with Gasteiger partial charge in [0.05, 0.1) is 11.5 Å². The Morgan fingerprint density at radius 3 is 2.79 bits per heavy atom. The van der Waals surface area contributed by atoms with E-state index in [9.17, 15) is 10.1 Å². The number of benzene rings is 1. The van der Waals surface area contributed by atoms with E-state index in [0.717, 1.165) is 24.8 Å². The summed E-state index contributed by atoms with van der Waals surface area (Å²) < 4.78 is 5.79. The monoisotopic (exact) mass is 336 g/mol. The Labute approximate surface area is 143 Å². The Bertz CT molecular complexity index is 546. The van der Waals surface area contributed by atoms with E-state index in [1.165, 1.54) is 5.56 Å². The van der Waals surface area contributed by atoms with Crippen molar-refractivity contribution in [3.05, 3.63) is 52.0 Å². The van der Waals surface area contributed by atoms with Crippen LogP contribution in [0.2, 0.25) is 0 Å². The smallest absolute Gasteiger partial charge is 0.274 e. The first-order valence-electron chi connectivity index (χ1n) is 8.10. The number of ether oxygens (including phenoxy) is 1. The zero-order valence-corrected chi connectivity index (χ0v) is 14.9. The van der Waals surface area contributed by atoms with E-state index in [1.54, 1.807) is 7.05 Å². The molecule has 7 heteroatoms. The largest absolute Gasteiger partial charge is 0.494 e. The third kappa shape index (κ3) is 7.32. The zero-order valence-electron chi connectivity index (χ0n) is 14.9. The molecule has 1 rings (SSSR count). The number of nitrogens with one attached hydrogen (secondary N) is 2. The fourth-order valence-corrected chi connectivity index (χ4v) is 2.11. The number of hydrogen-bond donors (Lipinski definition) is 2. The highest BCUT2D eigenvalue weighted by molar-refractivity contribution is 5.30. The van der Waals surface area contributed by atoms with Crippen LogP contribution >= 0.6 is 0 Å². The molecule has 0 spiro atoms. The van der Waals surface area contributed by atoms with Crippen molar-refractivity contribution in [3.63, 3.8) is 0 Å². The minimum atomic E-state index is -0.482. The third-order valence-electron chi connectivity index (χ3n) is 3.77. The Morgan fingerprint density at radius 1 is 1.42 bits per heavy atom. The first-order chi connectivity index (χ1) is 11.4. The molecule has 0 aliphatic carbocycles. The van der Waals surface area contributed by atoms with Crippen LogP contribution in [0.25, 0.3) is 0 Å². The summed E-state index contributed by atoms with van der Waals surface area (Å²) in [7, 11) is 5.75. The van der Waals surface area contributed by atoms with Gasteiger partial charge in [0.15, 0.2) is 5.82 Å². The van der Waals surface area contributed by atoms with E-state index in [4.69, 9.17) is 4.74 Å². The van der Waals surface area contributed by atoms with Gasteiger partial charge in [-0.15, -0.1) is 0 Å². The lowest BCUT2D eigenvalue weighted by molar-refractivity contribution is -0.404. The normalized spacial score (nSPS) is 12.8. The Morgan fingerprint density at radius 2 is 2.17 bits per heavy atom.